The van der Waals surface area contributed by atoms with Gasteiger partial charge in [0.2, 0.25) is 11.0 Å². The summed E-state index contributed by atoms with van der Waals surface area (Å²) >= 11 is 1.15. The molecular weight excluding hydrogens is 188 g/mol. The van der Waals surface area contributed by atoms with Gasteiger partial charge in [-0.25, -0.2) is 0 Å². The van der Waals surface area contributed by atoms with E-state index < -0.39 is 0 Å². The number of hydrogen-bond acceptors (Lipinski definition) is 4. The van der Waals surface area contributed by atoms with Crippen LogP contribution in [-0.4, -0.2) is 28.9 Å². The zero-order valence-electron chi connectivity index (χ0n) is 8.22. The van der Waals surface area contributed by atoms with Gasteiger partial charge in [-0.15, -0.1) is 0 Å². The van der Waals surface area contributed by atoms with Crippen molar-refractivity contribution < 1.29 is 9.59 Å². The monoisotopic (exact) mass is 204 g/mol. The van der Waals surface area contributed by atoms with Crippen molar-refractivity contribution in [3.63, 3.8) is 0 Å². The third-order valence-electron chi connectivity index (χ3n) is 1.28. The Labute approximate surface area is 82.6 Å². The van der Waals surface area contributed by atoms with E-state index in [1.165, 1.54) is 6.92 Å². The number of rotatable bonds is 4. The minimum atomic E-state index is -0.360. The van der Waals surface area contributed by atoms with Crippen molar-refractivity contribution in [3.8, 4) is 0 Å². The van der Waals surface area contributed by atoms with E-state index in [0.29, 0.717) is 5.75 Å². The Balaban J connectivity index is 3.88. The van der Waals surface area contributed by atoms with Gasteiger partial charge in [-0.1, -0.05) is 11.8 Å². The van der Waals surface area contributed by atoms with Crippen LogP contribution in [-0.2, 0) is 9.59 Å². The molecule has 0 aliphatic carbocycles. The van der Waals surface area contributed by atoms with Crippen molar-refractivity contribution in [2.75, 3.05) is 12.3 Å². The minimum absolute atomic E-state index is 0.0425. The van der Waals surface area contributed by atoms with E-state index in [1.807, 2.05) is 13.8 Å². The molecule has 0 saturated carbocycles. The van der Waals surface area contributed by atoms with E-state index in [0.717, 1.165) is 11.8 Å². The van der Waals surface area contributed by atoms with Gasteiger partial charge >= 0.3 is 0 Å². The van der Waals surface area contributed by atoms with Gasteiger partial charge in [0.25, 0.3) is 0 Å². The zero-order chi connectivity index (χ0) is 10.5. The van der Waals surface area contributed by atoms with Crippen molar-refractivity contribution in [2.24, 2.45) is 5.73 Å². The van der Waals surface area contributed by atoms with Crippen LogP contribution in [0.1, 0.15) is 20.8 Å². The zero-order valence-corrected chi connectivity index (χ0v) is 9.03. The van der Waals surface area contributed by atoms with Crippen LogP contribution in [0.2, 0.25) is 0 Å². The molecule has 0 fully saturated rings. The molecule has 1 amide bonds. The van der Waals surface area contributed by atoms with Crippen LogP contribution in [0.4, 0.5) is 0 Å². The second-order valence-electron chi connectivity index (χ2n) is 3.43. The van der Waals surface area contributed by atoms with Crippen molar-refractivity contribution >= 4 is 22.8 Å². The number of nitrogens with two attached hydrogens (primary N) is 1. The molecule has 4 nitrogen and oxygen atoms in total. The summed E-state index contributed by atoms with van der Waals surface area (Å²) in [5, 5.41) is 2.69. The molecule has 0 aromatic heterocycles. The maximum Gasteiger partial charge on any atom is 0.217 e. The number of nitrogens with one attached hydrogen (secondary N) is 1. The lowest BCUT2D eigenvalue weighted by molar-refractivity contribution is -0.120. The molecule has 3 N–H and O–H groups in total. The first-order chi connectivity index (χ1) is 5.87. The van der Waals surface area contributed by atoms with Crippen LogP contribution < -0.4 is 11.1 Å². The van der Waals surface area contributed by atoms with Gasteiger partial charge in [0.05, 0.1) is 6.54 Å². The molecule has 0 atom stereocenters. The maximum atomic E-state index is 10.9. The molecule has 0 aromatic carbocycles. The standard InChI is InChI=1S/C8H16N2O2S/c1-6(11)10-8(2,3)5-13-7(12)4-9/h4-5,9H2,1-3H3,(H,10,11). The summed E-state index contributed by atoms with van der Waals surface area (Å²) in [6.07, 6.45) is 0. The third kappa shape index (κ3) is 6.60. The fraction of sp³-hybridized carbons (Fsp3) is 0.750. The number of carbonyl (C=O) groups is 2. The highest BCUT2D eigenvalue weighted by Gasteiger charge is 2.19. The van der Waals surface area contributed by atoms with E-state index in [4.69, 9.17) is 5.73 Å². The van der Waals surface area contributed by atoms with Crippen LogP contribution >= 0.6 is 11.8 Å². The van der Waals surface area contributed by atoms with E-state index in [1.54, 1.807) is 0 Å². The Bertz CT molecular complexity index is 204. The quantitative estimate of drug-likeness (QED) is 0.682. The van der Waals surface area contributed by atoms with Gasteiger partial charge in [-0.05, 0) is 13.8 Å². The third-order valence-corrected chi connectivity index (χ3v) is 2.63. The van der Waals surface area contributed by atoms with Crippen LogP contribution in [0.3, 0.4) is 0 Å². The topological polar surface area (TPSA) is 72.2 Å². The molecule has 0 radical (unpaired) electrons. The predicted molar refractivity (Wildman–Crippen MR) is 54.4 cm³/mol. The fourth-order valence-corrected chi connectivity index (χ4v) is 1.54. The average molecular weight is 204 g/mol. The van der Waals surface area contributed by atoms with E-state index in [-0.39, 0.29) is 23.1 Å². The number of hydrogen-bond donors (Lipinski definition) is 2. The van der Waals surface area contributed by atoms with Crippen LogP contribution in [0, 0.1) is 0 Å². The number of carbonyl (C=O) groups excluding carboxylic acids is 2. The summed E-state index contributed by atoms with van der Waals surface area (Å²) in [4.78, 5) is 21.6. The lowest BCUT2D eigenvalue weighted by atomic mass is 10.1. The molecule has 0 saturated heterocycles. The molecule has 0 unspecified atom stereocenters. The lowest BCUT2D eigenvalue weighted by Gasteiger charge is -2.24. The smallest absolute Gasteiger partial charge is 0.217 e. The average Bonchev–Trinajstić information content (AvgIpc) is 1.98. The highest BCUT2D eigenvalue weighted by Crippen LogP contribution is 2.12. The predicted octanol–water partition coefficient (Wildman–Crippen LogP) is 0.120. The Kier molecular flexibility index (Phi) is 5.02. The van der Waals surface area contributed by atoms with Crippen molar-refractivity contribution in [1.82, 2.24) is 5.32 Å². The van der Waals surface area contributed by atoms with E-state index >= 15 is 0 Å². The molecular formula is C8H16N2O2S. The maximum absolute atomic E-state index is 10.9. The molecule has 0 aromatic rings. The summed E-state index contributed by atoms with van der Waals surface area (Å²) in [6, 6.07) is 0. The van der Waals surface area contributed by atoms with Gasteiger partial charge in [-0.2, -0.15) is 0 Å². The molecule has 0 heterocycles. The molecule has 0 aliphatic rings. The van der Waals surface area contributed by atoms with Gasteiger partial charge in [-0.3, -0.25) is 9.59 Å². The molecule has 0 rings (SSSR count). The summed E-state index contributed by atoms with van der Waals surface area (Å²) in [5.41, 5.74) is 4.79. The van der Waals surface area contributed by atoms with Gasteiger partial charge in [0.15, 0.2) is 0 Å². The Morgan fingerprint density at radius 1 is 1.46 bits per heavy atom. The van der Waals surface area contributed by atoms with E-state index in [2.05, 4.69) is 5.32 Å². The van der Waals surface area contributed by atoms with Crippen molar-refractivity contribution in [3.05, 3.63) is 0 Å². The first-order valence-corrected chi connectivity index (χ1v) is 5.00. The highest BCUT2D eigenvalue weighted by atomic mass is 32.2. The summed E-state index contributed by atoms with van der Waals surface area (Å²) in [6.45, 7) is 5.23. The Morgan fingerprint density at radius 2 is 2.00 bits per heavy atom. The van der Waals surface area contributed by atoms with Gasteiger partial charge < -0.3 is 11.1 Å². The van der Waals surface area contributed by atoms with Crippen LogP contribution in [0.5, 0.6) is 0 Å². The SMILES string of the molecule is CC(=O)NC(C)(C)CSC(=O)CN. The fourth-order valence-electron chi connectivity index (χ4n) is 0.832. The normalized spacial score (nSPS) is 11.1. The molecule has 0 aliphatic heterocycles. The number of amides is 1. The largest absolute Gasteiger partial charge is 0.351 e. The minimum Gasteiger partial charge on any atom is -0.351 e. The molecule has 76 valence electrons. The number of thioether (sulfide) groups is 1. The van der Waals surface area contributed by atoms with Crippen molar-refractivity contribution in [2.45, 2.75) is 26.3 Å². The van der Waals surface area contributed by atoms with Crippen molar-refractivity contribution in [1.29, 1.82) is 0 Å². The summed E-state index contributed by atoms with van der Waals surface area (Å²) in [5.74, 6) is 0.452. The lowest BCUT2D eigenvalue weighted by Crippen LogP contribution is -2.44. The molecule has 0 spiro atoms. The Morgan fingerprint density at radius 3 is 2.38 bits per heavy atom. The summed E-state index contributed by atoms with van der Waals surface area (Å²) < 4.78 is 0. The van der Waals surface area contributed by atoms with Crippen LogP contribution in [0.25, 0.3) is 0 Å². The van der Waals surface area contributed by atoms with E-state index in [9.17, 15) is 9.59 Å². The molecule has 0 bridgehead atoms. The first kappa shape index (κ1) is 12.4. The van der Waals surface area contributed by atoms with Crippen LogP contribution in [0.15, 0.2) is 0 Å². The second kappa shape index (κ2) is 5.24. The molecule has 5 heteroatoms. The van der Waals surface area contributed by atoms with Gasteiger partial charge in [0.1, 0.15) is 0 Å². The highest BCUT2D eigenvalue weighted by molar-refractivity contribution is 8.13. The van der Waals surface area contributed by atoms with Gasteiger partial charge in [0, 0.05) is 18.2 Å². The summed E-state index contributed by atoms with van der Waals surface area (Å²) in [7, 11) is 0. The molecule has 13 heavy (non-hydrogen) atoms. The Hall–Kier alpha value is -0.550. The first-order valence-electron chi connectivity index (χ1n) is 4.02. The second-order valence-corrected chi connectivity index (χ2v) is 4.46.